The fourth-order valence-electron chi connectivity index (χ4n) is 9.39. The Kier molecular flexibility index (Phi) is 37.2. The van der Waals surface area contributed by atoms with Gasteiger partial charge in [0.15, 0.2) is 18.9 Å². The van der Waals surface area contributed by atoms with Gasteiger partial charge in [0.1, 0.15) is 55.6 Å². The zero-order chi connectivity index (χ0) is 48.9. The maximum atomic E-state index is 13.3. The first-order valence-electron chi connectivity index (χ1n) is 27.4. The van der Waals surface area contributed by atoms with Crippen molar-refractivity contribution < 1.29 is 64.6 Å². The van der Waals surface area contributed by atoms with E-state index in [9.17, 15) is 45.6 Å². The van der Waals surface area contributed by atoms with E-state index in [2.05, 4.69) is 31.3 Å². The molecule has 0 aromatic heterocycles. The SMILES string of the molecule is CCCCCCCCCCCCC/C=C/CC[C@@H](CCCCCCCCCCCCCCCCCCCCC)[C@H](O)C(=O)NCO[C@H]1O[C@@H](CO)[C@H](O[C@H]2O[C@@H](O)[C@@H](O)[C@@H](O)[C@@H]2O)[C@@H](O)[C@@H]1O. The van der Waals surface area contributed by atoms with E-state index < -0.39 is 86.9 Å². The van der Waals surface area contributed by atoms with E-state index >= 15 is 0 Å². The molecule has 0 saturated carbocycles. The molecule has 0 spiro atoms. The Morgan fingerprint density at radius 3 is 1.43 bits per heavy atom. The number of aliphatic hydroxyl groups is 8. The number of ether oxygens (including phenoxy) is 4. The minimum Gasteiger partial charge on any atom is -0.394 e. The smallest absolute Gasteiger partial charge is 0.250 e. The normalized spacial score (nSPS) is 26.6. The van der Waals surface area contributed by atoms with Gasteiger partial charge in [-0.15, -0.1) is 0 Å². The van der Waals surface area contributed by atoms with Crippen LogP contribution in [0.3, 0.4) is 0 Å². The third kappa shape index (κ3) is 27.2. The second-order valence-electron chi connectivity index (χ2n) is 19.8. The number of carbonyl (C=O) groups is 1. The van der Waals surface area contributed by atoms with E-state index in [1.54, 1.807) is 0 Å². The standard InChI is InChI=1S/C53H101NO13/c1-3-5-7-9-11-13-15-17-19-20-21-22-24-26-28-30-32-34-36-38-41(37-35-33-31-29-27-25-23-18-16-14-12-10-8-6-4-2)43(56)50(62)54-40-64-52-48(61)45(58)49(42(39-55)65-52)66-53-47(60)44(57)46(59)51(63)67-53/h31,33,41-49,51-53,55-61,63H,3-30,32,34-40H2,1-2H3,(H,54,62)/b33-31+/t41-,42-,43-,44+,45-,46-,47-,48-,49-,51+,52-,53-/m0/s1. The van der Waals surface area contributed by atoms with E-state index in [0.29, 0.717) is 12.8 Å². The fraction of sp³-hybridized carbons (Fsp3) is 0.943. The minimum atomic E-state index is -1.91. The Balaban J connectivity index is 1.75. The van der Waals surface area contributed by atoms with E-state index in [1.165, 1.54) is 173 Å². The van der Waals surface area contributed by atoms with Crippen molar-refractivity contribution in [2.45, 2.75) is 300 Å². The fourth-order valence-corrected chi connectivity index (χ4v) is 9.39. The van der Waals surface area contributed by atoms with Gasteiger partial charge in [0.05, 0.1) is 6.61 Å². The largest absolute Gasteiger partial charge is 0.394 e. The van der Waals surface area contributed by atoms with Gasteiger partial charge in [0.25, 0.3) is 5.91 Å². The van der Waals surface area contributed by atoms with Crippen LogP contribution in [0.15, 0.2) is 12.2 Å². The topological polar surface area (TPSA) is 228 Å². The van der Waals surface area contributed by atoms with E-state index in [-0.39, 0.29) is 5.92 Å². The molecule has 0 aliphatic carbocycles. The summed E-state index contributed by atoms with van der Waals surface area (Å²) in [7, 11) is 0. The van der Waals surface area contributed by atoms with Crippen LogP contribution >= 0.6 is 0 Å². The van der Waals surface area contributed by atoms with Crippen molar-refractivity contribution in [3.05, 3.63) is 12.2 Å². The second-order valence-corrected chi connectivity index (χ2v) is 19.8. The first-order chi connectivity index (χ1) is 32.6. The molecule has 2 heterocycles. The molecule has 2 saturated heterocycles. The van der Waals surface area contributed by atoms with Crippen LogP contribution in [0.2, 0.25) is 0 Å². The number of hydrogen-bond acceptors (Lipinski definition) is 13. The third-order valence-electron chi connectivity index (χ3n) is 13.9. The van der Waals surface area contributed by atoms with Crippen LogP contribution in [0.25, 0.3) is 0 Å². The summed E-state index contributed by atoms with van der Waals surface area (Å²) in [6.07, 6.45) is 28.4. The molecule has 9 N–H and O–H groups in total. The maximum absolute atomic E-state index is 13.3. The first-order valence-corrected chi connectivity index (χ1v) is 27.4. The highest BCUT2D eigenvalue weighted by Crippen LogP contribution is 2.29. The van der Waals surface area contributed by atoms with Crippen molar-refractivity contribution in [2.24, 2.45) is 5.92 Å². The number of hydrogen-bond donors (Lipinski definition) is 9. The zero-order valence-electron chi connectivity index (χ0n) is 42.2. The summed E-state index contributed by atoms with van der Waals surface area (Å²) in [6.45, 7) is 3.32. The zero-order valence-corrected chi connectivity index (χ0v) is 42.2. The van der Waals surface area contributed by atoms with Gasteiger partial charge in [-0.2, -0.15) is 0 Å². The summed E-state index contributed by atoms with van der Waals surface area (Å²) in [6, 6.07) is 0. The average molecular weight is 960 g/mol. The molecule has 14 heteroatoms. The Morgan fingerprint density at radius 1 is 0.522 bits per heavy atom. The highest BCUT2D eigenvalue weighted by atomic mass is 16.8. The number of allylic oxidation sites excluding steroid dienone is 2. The predicted molar refractivity (Wildman–Crippen MR) is 263 cm³/mol. The van der Waals surface area contributed by atoms with Crippen LogP contribution in [0.5, 0.6) is 0 Å². The molecule has 0 aromatic carbocycles. The lowest BCUT2D eigenvalue weighted by molar-refractivity contribution is -0.378. The van der Waals surface area contributed by atoms with Crippen molar-refractivity contribution in [1.82, 2.24) is 5.32 Å². The van der Waals surface area contributed by atoms with Gasteiger partial charge in [0.2, 0.25) is 0 Å². The van der Waals surface area contributed by atoms with Gasteiger partial charge in [-0.1, -0.05) is 212 Å². The molecule has 0 unspecified atom stereocenters. The Bertz CT molecular complexity index is 1180. The summed E-state index contributed by atoms with van der Waals surface area (Å²) in [5.74, 6) is -0.885. The van der Waals surface area contributed by atoms with Gasteiger partial charge in [-0.25, -0.2) is 0 Å². The van der Waals surface area contributed by atoms with Crippen molar-refractivity contribution in [3.63, 3.8) is 0 Å². The van der Waals surface area contributed by atoms with E-state index in [4.69, 9.17) is 18.9 Å². The van der Waals surface area contributed by atoms with Crippen molar-refractivity contribution in [1.29, 1.82) is 0 Å². The van der Waals surface area contributed by atoms with Crippen LogP contribution in [0.4, 0.5) is 0 Å². The number of amides is 1. The summed E-state index contributed by atoms with van der Waals surface area (Å²) < 4.78 is 21.7. The Labute approximate surface area is 406 Å². The number of rotatable bonds is 43. The van der Waals surface area contributed by atoms with Gasteiger partial charge < -0.3 is 65.1 Å². The molecule has 12 atom stereocenters. The monoisotopic (exact) mass is 960 g/mol. The highest BCUT2D eigenvalue weighted by molar-refractivity contribution is 5.80. The molecule has 1 amide bonds. The molecule has 396 valence electrons. The molecule has 2 rings (SSSR count). The van der Waals surface area contributed by atoms with Crippen molar-refractivity contribution in [2.75, 3.05) is 13.3 Å². The lowest BCUT2D eigenvalue weighted by Crippen LogP contribution is -2.64. The lowest BCUT2D eigenvalue weighted by atomic mass is 9.90. The molecular formula is C53H101NO13. The van der Waals surface area contributed by atoms with Crippen LogP contribution in [-0.4, -0.2) is 128 Å². The molecule has 0 aromatic rings. The summed E-state index contributed by atoms with van der Waals surface area (Å²) >= 11 is 0. The molecule has 2 fully saturated rings. The molecule has 67 heavy (non-hydrogen) atoms. The Morgan fingerprint density at radius 2 is 0.955 bits per heavy atom. The summed E-state index contributed by atoms with van der Waals surface area (Å²) in [5, 5.41) is 85.4. The third-order valence-corrected chi connectivity index (χ3v) is 13.9. The molecule has 14 nitrogen and oxygen atoms in total. The van der Waals surface area contributed by atoms with Crippen molar-refractivity contribution in [3.8, 4) is 0 Å². The summed E-state index contributed by atoms with van der Waals surface area (Å²) in [4.78, 5) is 13.3. The van der Waals surface area contributed by atoms with Crippen LogP contribution in [0.1, 0.15) is 232 Å². The summed E-state index contributed by atoms with van der Waals surface area (Å²) in [5.41, 5.74) is 0. The highest BCUT2D eigenvalue weighted by Gasteiger charge is 2.50. The maximum Gasteiger partial charge on any atom is 0.250 e. The molecular weight excluding hydrogens is 859 g/mol. The average Bonchev–Trinajstić information content (AvgIpc) is 3.32. The number of carbonyl (C=O) groups excluding carboxylic acids is 1. The predicted octanol–water partition coefficient (Wildman–Crippen LogP) is 8.49. The van der Waals surface area contributed by atoms with E-state index in [0.717, 1.165) is 32.1 Å². The first kappa shape index (κ1) is 61.8. The number of unbranched alkanes of at least 4 members (excludes halogenated alkanes) is 29. The lowest BCUT2D eigenvalue weighted by Gasteiger charge is -2.45. The Hall–Kier alpha value is -1.27. The molecule has 0 bridgehead atoms. The van der Waals surface area contributed by atoms with Crippen molar-refractivity contribution >= 4 is 5.91 Å². The van der Waals surface area contributed by atoms with Crippen LogP contribution in [0, 0.1) is 5.92 Å². The quantitative estimate of drug-likeness (QED) is 0.0159. The van der Waals surface area contributed by atoms with E-state index in [1.807, 2.05) is 0 Å². The van der Waals surface area contributed by atoms with Crippen LogP contribution in [-0.2, 0) is 23.7 Å². The number of aliphatic hydroxyl groups excluding tert-OH is 8. The number of nitrogens with one attached hydrogen (secondary N) is 1. The molecule has 0 radical (unpaired) electrons. The second kappa shape index (κ2) is 40.3. The molecule has 2 aliphatic heterocycles. The van der Waals surface area contributed by atoms with Gasteiger partial charge >= 0.3 is 0 Å². The molecule has 2 aliphatic rings. The minimum absolute atomic E-state index is 0.261. The van der Waals surface area contributed by atoms with Gasteiger partial charge in [-0.05, 0) is 38.0 Å². The van der Waals surface area contributed by atoms with Gasteiger partial charge in [0, 0.05) is 0 Å². The van der Waals surface area contributed by atoms with Crippen LogP contribution < -0.4 is 5.32 Å². The van der Waals surface area contributed by atoms with Gasteiger partial charge in [-0.3, -0.25) is 4.79 Å².